The number of amides is 4. The molecule has 0 aromatic heterocycles. The molecule has 152 valence electrons. The molecular formula is C13H21N5O9. The Morgan fingerprint density at radius 1 is 0.889 bits per heavy atom. The second kappa shape index (κ2) is 11.4. The van der Waals surface area contributed by atoms with Crippen LogP contribution in [0.3, 0.4) is 0 Å². The van der Waals surface area contributed by atoms with Gasteiger partial charge in [-0.15, -0.1) is 0 Å². The number of carboxylic acids is 2. The Balaban J connectivity index is 4.94. The van der Waals surface area contributed by atoms with Crippen LogP contribution >= 0.6 is 0 Å². The standard InChI is InChI=1S/C13H21N5O9/c14-5(4-19)11(24)16-3-9(21)17-6(2-10(22)23)12(25)18-7(13(26)27)1-8(15)20/h5-7,19H,1-4,14H2,(H2,15,20)(H,16,24)(H,17,21)(H,18,25)(H,22,23)(H,26,27). The zero-order chi connectivity index (χ0) is 21.1. The monoisotopic (exact) mass is 391 g/mol. The van der Waals surface area contributed by atoms with Crippen molar-refractivity contribution in [3.8, 4) is 0 Å². The molecule has 0 aromatic carbocycles. The minimum atomic E-state index is -1.72. The number of nitrogens with one attached hydrogen (secondary N) is 3. The number of carbonyl (C=O) groups is 6. The van der Waals surface area contributed by atoms with Gasteiger partial charge < -0.3 is 42.7 Å². The maximum atomic E-state index is 12.1. The molecule has 0 radical (unpaired) electrons. The van der Waals surface area contributed by atoms with E-state index in [1.54, 1.807) is 0 Å². The van der Waals surface area contributed by atoms with E-state index in [1.807, 2.05) is 16.0 Å². The molecule has 10 N–H and O–H groups in total. The van der Waals surface area contributed by atoms with Crippen LogP contribution in [0.2, 0.25) is 0 Å². The number of carbonyl (C=O) groups excluding carboxylic acids is 4. The maximum absolute atomic E-state index is 12.1. The lowest BCUT2D eigenvalue weighted by molar-refractivity contribution is -0.144. The number of aliphatic hydroxyl groups excluding tert-OH is 1. The molecule has 0 spiro atoms. The van der Waals surface area contributed by atoms with Crippen molar-refractivity contribution in [2.45, 2.75) is 31.0 Å². The summed E-state index contributed by atoms with van der Waals surface area (Å²) in [5, 5.41) is 32.4. The number of aliphatic hydroxyl groups is 1. The predicted octanol–water partition coefficient (Wildman–Crippen LogP) is -5.17. The van der Waals surface area contributed by atoms with E-state index in [0.717, 1.165) is 0 Å². The highest BCUT2D eigenvalue weighted by Crippen LogP contribution is 1.98. The van der Waals surface area contributed by atoms with Gasteiger partial charge in [0.05, 0.1) is 26.0 Å². The highest BCUT2D eigenvalue weighted by atomic mass is 16.4. The van der Waals surface area contributed by atoms with Crippen molar-refractivity contribution >= 4 is 35.6 Å². The second-order valence-electron chi connectivity index (χ2n) is 5.29. The first-order valence-corrected chi connectivity index (χ1v) is 7.44. The van der Waals surface area contributed by atoms with Crippen molar-refractivity contribution in [2.75, 3.05) is 13.2 Å². The van der Waals surface area contributed by atoms with Gasteiger partial charge in [0, 0.05) is 0 Å². The summed E-state index contributed by atoms with van der Waals surface area (Å²) in [5.41, 5.74) is 10.1. The zero-order valence-corrected chi connectivity index (χ0v) is 14.0. The Bertz CT molecular complexity index is 609. The van der Waals surface area contributed by atoms with Crippen molar-refractivity contribution in [3.63, 3.8) is 0 Å². The number of rotatable bonds is 12. The normalized spacial score (nSPS) is 13.6. The third kappa shape index (κ3) is 9.71. The largest absolute Gasteiger partial charge is 0.481 e. The van der Waals surface area contributed by atoms with Crippen LogP contribution in [0.1, 0.15) is 12.8 Å². The highest BCUT2D eigenvalue weighted by Gasteiger charge is 2.29. The zero-order valence-electron chi connectivity index (χ0n) is 14.0. The van der Waals surface area contributed by atoms with Crippen molar-refractivity contribution in [1.82, 2.24) is 16.0 Å². The molecule has 0 bridgehead atoms. The van der Waals surface area contributed by atoms with Crippen molar-refractivity contribution in [3.05, 3.63) is 0 Å². The molecule has 3 unspecified atom stereocenters. The number of hydrogen-bond acceptors (Lipinski definition) is 8. The Hall–Kier alpha value is -3.26. The van der Waals surface area contributed by atoms with E-state index in [0.29, 0.717) is 0 Å². The summed E-state index contributed by atoms with van der Waals surface area (Å²) in [5.74, 6) is -7.12. The maximum Gasteiger partial charge on any atom is 0.326 e. The van der Waals surface area contributed by atoms with Crippen LogP contribution in [0.25, 0.3) is 0 Å². The highest BCUT2D eigenvalue weighted by molar-refractivity contribution is 5.95. The molecule has 0 saturated heterocycles. The average molecular weight is 391 g/mol. The molecule has 27 heavy (non-hydrogen) atoms. The number of carboxylic acid groups (broad SMARTS) is 2. The number of primary amides is 1. The van der Waals surface area contributed by atoms with Gasteiger partial charge in [0.15, 0.2) is 0 Å². The van der Waals surface area contributed by atoms with E-state index in [9.17, 15) is 28.8 Å². The van der Waals surface area contributed by atoms with Gasteiger partial charge in [-0.3, -0.25) is 24.0 Å². The first kappa shape index (κ1) is 23.7. The molecule has 0 aliphatic rings. The Labute approximate surface area is 152 Å². The summed E-state index contributed by atoms with van der Waals surface area (Å²) < 4.78 is 0. The van der Waals surface area contributed by atoms with E-state index in [-0.39, 0.29) is 0 Å². The van der Waals surface area contributed by atoms with Crippen LogP contribution in [0.5, 0.6) is 0 Å². The molecule has 0 rings (SSSR count). The molecule has 0 fully saturated rings. The summed E-state index contributed by atoms with van der Waals surface area (Å²) in [6.07, 6.45) is -1.64. The van der Waals surface area contributed by atoms with Gasteiger partial charge in [-0.2, -0.15) is 0 Å². The van der Waals surface area contributed by atoms with Gasteiger partial charge in [0.1, 0.15) is 18.1 Å². The van der Waals surface area contributed by atoms with Crippen LogP contribution < -0.4 is 27.4 Å². The van der Waals surface area contributed by atoms with Crippen molar-refractivity contribution in [2.24, 2.45) is 11.5 Å². The summed E-state index contributed by atoms with van der Waals surface area (Å²) in [4.78, 5) is 67.8. The van der Waals surface area contributed by atoms with E-state index in [1.165, 1.54) is 0 Å². The first-order valence-electron chi connectivity index (χ1n) is 7.44. The Morgan fingerprint density at radius 3 is 1.93 bits per heavy atom. The molecule has 0 saturated carbocycles. The van der Waals surface area contributed by atoms with Crippen LogP contribution in [0.4, 0.5) is 0 Å². The van der Waals surface area contributed by atoms with Crippen LogP contribution in [-0.4, -0.2) is 82.2 Å². The molecule has 0 aliphatic heterocycles. The fourth-order valence-corrected chi connectivity index (χ4v) is 1.68. The van der Waals surface area contributed by atoms with Gasteiger partial charge in [-0.05, 0) is 0 Å². The summed E-state index contributed by atoms with van der Waals surface area (Å²) in [7, 11) is 0. The van der Waals surface area contributed by atoms with Crippen LogP contribution in [0, 0.1) is 0 Å². The van der Waals surface area contributed by atoms with Gasteiger partial charge in [-0.1, -0.05) is 0 Å². The molecule has 4 amide bonds. The van der Waals surface area contributed by atoms with E-state index in [4.69, 9.17) is 26.8 Å². The lowest BCUT2D eigenvalue weighted by atomic mass is 10.1. The average Bonchev–Trinajstić information content (AvgIpc) is 2.56. The smallest absolute Gasteiger partial charge is 0.326 e. The van der Waals surface area contributed by atoms with E-state index < -0.39 is 79.7 Å². The Kier molecular flexibility index (Phi) is 10.0. The quantitative estimate of drug-likeness (QED) is 0.157. The summed E-state index contributed by atoms with van der Waals surface area (Å²) >= 11 is 0. The third-order valence-corrected chi connectivity index (χ3v) is 3.01. The Morgan fingerprint density at radius 2 is 1.48 bits per heavy atom. The SMILES string of the molecule is NC(=O)CC(NC(=O)C(CC(=O)O)NC(=O)CNC(=O)C(N)CO)C(=O)O. The van der Waals surface area contributed by atoms with Crippen molar-refractivity contribution < 1.29 is 44.1 Å². The van der Waals surface area contributed by atoms with Gasteiger partial charge in [0.25, 0.3) is 0 Å². The summed E-state index contributed by atoms with van der Waals surface area (Å²) in [6.45, 7) is -1.35. The van der Waals surface area contributed by atoms with Crippen molar-refractivity contribution in [1.29, 1.82) is 0 Å². The lowest BCUT2D eigenvalue weighted by Gasteiger charge is -2.20. The number of hydrogen-bond donors (Lipinski definition) is 8. The second-order valence-corrected chi connectivity index (χ2v) is 5.29. The van der Waals surface area contributed by atoms with Crippen LogP contribution in [0.15, 0.2) is 0 Å². The lowest BCUT2D eigenvalue weighted by Crippen LogP contribution is -2.55. The van der Waals surface area contributed by atoms with Crippen LogP contribution in [-0.2, 0) is 28.8 Å². The topological polar surface area (TPSA) is 251 Å². The fourth-order valence-electron chi connectivity index (χ4n) is 1.68. The minimum absolute atomic E-state index is 0.673. The molecule has 0 heterocycles. The predicted molar refractivity (Wildman–Crippen MR) is 85.6 cm³/mol. The third-order valence-electron chi connectivity index (χ3n) is 3.01. The summed E-state index contributed by atoms with van der Waals surface area (Å²) in [6, 6.07) is -4.68. The van der Waals surface area contributed by atoms with Gasteiger partial charge in [0.2, 0.25) is 23.6 Å². The molecule has 0 aliphatic carbocycles. The molecule has 3 atom stereocenters. The van der Waals surface area contributed by atoms with Gasteiger partial charge >= 0.3 is 11.9 Å². The number of aliphatic carboxylic acids is 2. The van der Waals surface area contributed by atoms with E-state index in [2.05, 4.69) is 0 Å². The van der Waals surface area contributed by atoms with Gasteiger partial charge in [-0.25, -0.2) is 4.79 Å². The van der Waals surface area contributed by atoms with E-state index >= 15 is 0 Å². The fraction of sp³-hybridized carbons (Fsp3) is 0.538. The number of nitrogens with two attached hydrogens (primary N) is 2. The molecular weight excluding hydrogens is 370 g/mol. The minimum Gasteiger partial charge on any atom is -0.481 e. The first-order chi connectivity index (χ1) is 12.5. The molecule has 14 heteroatoms. The molecule has 0 aromatic rings. The molecule has 14 nitrogen and oxygen atoms in total.